The van der Waals surface area contributed by atoms with Gasteiger partial charge in [-0.3, -0.25) is 15.5 Å². The van der Waals surface area contributed by atoms with Crippen LogP contribution in [0, 0.1) is 0 Å². The molecular formula is C12H14N2O3. The van der Waals surface area contributed by atoms with E-state index in [9.17, 15) is 9.90 Å². The van der Waals surface area contributed by atoms with E-state index in [0.29, 0.717) is 16.9 Å². The number of carbonyl (C=O) groups excluding carboxylic acids is 1. The third-order valence-corrected chi connectivity index (χ3v) is 2.91. The Morgan fingerprint density at radius 1 is 1.47 bits per heavy atom. The molecule has 1 atom stereocenters. The van der Waals surface area contributed by atoms with E-state index in [1.165, 1.54) is 11.0 Å². The lowest BCUT2D eigenvalue weighted by Crippen LogP contribution is -2.37. The molecule has 1 aliphatic rings. The number of nitrogens with zero attached hydrogens (tertiary/aromatic N) is 1. The number of hydroxylamine groups is 1. The number of fused-ring (bicyclic) bond motifs is 1. The molecule has 17 heavy (non-hydrogen) atoms. The van der Waals surface area contributed by atoms with Crippen LogP contribution in [0.2, 0.25) is 0 Å². The van der Waals surface area contributed by atoms with E-state index in [0.717, 1.165) is 0 Å². The molecule has 90 valence electrons. The summed E-state index contributed by atoms with van der Waals surface area (Å²) in [6.07, 6.45) is 1.30. The first-order valence-electron chi connectivity index (χ1n) is 5.20. The summed E-state index contributed by atoms with van der Waals surface area (Å²) in [6, 6.07) is 7.01. The Balaban J connectivity index is 2.60. The van der Waals surface area contributed by atoms with Crippen LogP contribution in [0.1, 0.15) is 12.5 Å². The zero-order chi connectivity index (χ0) is 12.6. The third kappa shape index (κ3) is 1.60. The Hall–Kier alpha value is -1.85. The number of likely N-dealkylation sites (N-methyl/N-ethyl adjacent to an activating group) is 1. The molecule has 1 aromatic carbocycles. The number of anilines is 1. The molecule has 0 saturated heterocycles. The minimum absolute atomic E-state index is 0.311. The van der Waals surface area contributed by atoms with Gasteiger partial charge < -0.3 is 10.0 Å². The summed E-state index contributed by atoms with van der Waals surface area (Å²) in [5.74, 6) is -0.437. The second-order valence-electron chi connectivity index (χ2n) is 4.09. The van der Waals surface area contributed by atoms with Crippen LogP contribution in [0.5, 0.6) is 0 Å². The first-order chi connectivity index (χ1) is 8.00. The number of aliphatic hydroxyl groups is 1. The summed E-state index contributed by atoms with van der Waals surface area (Å²) in [4.78, 5) is 13.5. The molecule has 2 rings (SSSR count). The number of hydrogen-bond donors (Lipinski definition) is 3. The SMILES string of the molecule is CC(=C[C@@]1(O)C(=O)N(C)c2ccccc21)NO. The third-order valence-electron chi connectivity index (χ3n) is 2.91. The second-order valence-corrected chi connectivity index (χ2v) is 4.09. The number of benzene rings is 1. The van der Waals surface area contributed by atoms with Crippen LogP contribution in [-0.4, -0.2) is 23.3 Å². The smallest absolute Gasteiger partial charge is 0.267 e. The lowest BCUT2D eigenvalue weighted by atomic mass is 9.94. The van der Waals surface area contributed by atoms with Crippen molar-refractivity contribution in [1.82, 2.24) is 5.48 Å². The molecule has 0 bridgehead atoms. The summed E-state index contributed by atoms with van der Waals surface area (Å²) in [5.41, 5.74) is 1.69. The van der Waals surface area contributed by atoms with Gasteiger partial charge in [-0.15, -0.1) is 0 Å². The van der Waals surface area contributed by atoms with Crippen molar-refractivity contribution in [2.75, 3.05) is 11.9 Å². The summed E-state index contributed by atoms with van der Waals surface area (Å²) in [6.45, 7) is 1.56. The first-order valence-corrected chi connectivity index (χ1v) is 5.20. The molecule has 3 N–H and O–H groups in total. The summed E-state index contributed by atoms with van der Waals surface area (Å²) < 4.78 is 0. The zero-order valence-corrected chi connectivity index (χ0v) is 9.64. The van der Waals surface area contributed by atoms with Crippen molar-refractivity contribution in [1.29, 1.82) is 0 Å². The van der Waals surface area contributed by atoms with Gasteiger partial charge in [0.1, 0.15) is 0 Å². The van der Waals surface area contributed by atoms with Crippen LogP contribution < -0.4 is 10.4 Å². The van der Waals surface area contributed by atoms with Crippen LogP contribution >= 0.6 is 0 Å². The monoisotopic (exact) mass is 234 g/mol. The average Bonchev–Trinajstić information content (AvgIpc) is 2.53. The van der Waals surface area contributed by atoms with Gasteiger partial charge in [0.15, 0.2) is 5.60 Å². The molecule has 5 heteroatoms. The summed E-state index contributed by atoms with van der Waals surface area (Å²) in [5, 5.41) is 19.2. The molecule has 1 aliphatic heterocycles. The predicted molar refractivity (Wildman–Crippen MR) is 62.4 cm³/mol. The maximum Gasteiger partial charge on any atom is 0.267 e. The molecule has 1 aromatic rings. The molecule has 0 radical (unpaired) electrons. The minimum Gasteiger partial charge on any atom is -0.372 e. The van der Waals surface area contributed by atoms with Gasteiger partial charge in [-0.05, 0) is 19.1 Å². The van der Waals surface area contributed by atoms with Gasteiger partial charge in [0, 0.05) is 18.3 Å². The lowest BCUT2D eigenvalue weighted by Gasteiger charge is -2.18. The number of allylic oxidation sites excluding steroid dienone is 1. The highest BCUT2D eigenvalue weighted by atomic mass is 16.5. The average molecular weight is 234 g/mol. The van der Waals surface area contributed by atoms with Crippen molar-refractivity contribution in [3.63, 3.8) is 0 Å². The van der Waals surface area contributed by atoms with Crippen LogP contribution in [0.3, 0.4) is 0 Å². The van der Waals surface area contributed by atoms with E-state index in [-0.39, 0.29) is 0 Å². The highest BCUT2D eigenvalue weighted by Crippen LogP contribution is 2.40. The Morgan fingerprint density at radius 3 is 2.76 bits per heavy atom. The van der Waals surface area contributed by atoms with Crippen molar-refractivity contribution >= 4 is 11.6 Å². The van der Waals surface area contributed by atoms with Crippen molar-refractivity contribution in [3.05, 3.63) is 41.6 Å². The van der Waals surface area contributed by atoms with Gasteiger partial charge in [-0.2, -0.15) is 0 Å². The maximum atomic E-state index is 12.1. The molecular weight excluding hydrogens is 220 g/mol. The van der Waals surface area contributed by atoms with Gasteiger partial charge in [-0.1, -0.05) is 18.2 Å². The van der Waals surface area contributed by atoms with E-state index in [4.69, 9.17) is 5.21 Å². The molecule has 1 amide bonds. The predicted octanol–water partition coefficient (Wildman–Crippen LogP) is 0.733. The van der Waals surface area contributed by atoms with E-state index < -0.39 is 11.5 Å². The highest BCUT2D eigenvalue weighted by Gasteiger charge is 2.46. The quantitative estimate of drug-likeness (QED) is 0.660. The Labute approximate surface area is 98.9 Å². The van der Waals surface area contributed by atoms with E-state index in [1.54, 1.807) is 38.2 Å². The fourth-order valence-corrected chi connectivity index (χ4v) is 2.05. The topological polar surface area (TPSA) is 72.8 Å². The summed E-state index contributed by atoms with van der Waals surface area (Å²) in [7, 11) is 1.61. The fraction of sp³-hybridized carbons (Fsp3) is 0.250. The Morgan fingerprint density at radius 2 is 2.12 bits per heavy atom. The Bertz CT molecular complexity index is 498. The van der Waals surface area contributed by atoms with Crippen LogP contribution in [0.25, 0.3) is 0 Å². The van der Waals surface area contributed by atoms with E-state index >= 15 is 0 Å². The van der Waals surface area contributed by atoms with E-state index in [2.05, 4.69) is 0 Å². The number of carbonyl (C=O) groups is 1. The minimum atomic E-state index is -1.72. The first kappa shape index (κ1) is 11.6. The van der Waals surface area contributed by atoms with Gasteiger partial charge >= 0.3 is 0 Å². The van der Waals surface area contributed by atoms with Crippen molar-refractivity contribution < 1.29 is 15.1 Å². The van der Waals surface area contributed by atoms with Crippen molar-refractivity contribution in [3.8, 4) is 0 Å². The number of hydrogen-bond acceptors (Lipinski definition) is 4. The largest absolute Gasteiger partial charge is 0.372 e. The van der Waals surface area contributed by atoms with Crippen LogP contribution in [-0.2, 0) is 10.4 Å². The summed E-state index contributed by atoms with van der Waals surface area (Å²) >= 11 is 0. The molecule has 0 saturated carbocycles. The van der Waals surface area contributed by atoms with E-state index in [1.807, 2.05) is 5.48 Å². The fourth-order valence-electron chi connectivity index (χ4n) is 2.05. The highest BCUT2D eigenvalue weighted by molar-refractivity contribution is 6.07. The van der Waals surface area contributed by atoms with Gasteiger partial charge in [0.2, 0.25) is 0 Å². The molecule has 0 fully saturated rings. The van der Waals surface area contributed by atoms with Crippen molar-refractivity contribution in [2.45, 2.75) is 12.5 Å². The molecule has 0 unspecified atom stereocenters. The number of nitrogens with one attached hydrogen (secondary N) is 1. The molecule has 1 heterocycles. The molecule has 0 aliphatic carbocycles. The van der Waals surface area contributed by atoms with Crippen LogP contribution in [0.15, 0.2) is 36.0 Å². The number of rotatable bonds is 2. The van der Waals surface area contributed by atoms with Crippen LogP contribution in [0.4, 0.5) is 5.69 Å². The standard InChI is InChI=1S/C12H14N2O3/c1-8(13-17)7-12(16)9-5-3-4-6-10(9)14(2)11(12)15/h3-7,13,16-17H,1-2H3/t12-/m0/s1. The lowest BCUT2D eigenvalue weighted by molar-refractivity contribution is -0.131. The number of amides is 1. The number of para-hydroxylation sites is 1. The van der Waals surface area contributed by atoms with Gasteiger partial charge in [0.05, 0.1) is 5.69 Å². The van der Waals surface area contributed by atoms with Gasteiger partial charge in [-0.25, -0.2) is 0 Å². The normalized spacial score (nSPS) is 23.9. The zero-order valence-electron chi connectivity index (χ0n) is 9.64. The molecule has 0 aromatic heterocycles. The van der Waals surface area contributed by atoms with Crippen molar-refractivity contribution in [2.24, 2.45) is 0 Å². The Kier molecular flexibility index (Phi) is 2.65. The van der Waals surface area contributed by atoms with Gasteiger partial charge in [0.25, 0.3) is 5.91 Å². The molecule has 5 nitrogen and oxygen atoms in total. The maximum absolute atomic E-state index is 12.1. The molecule has 0 spiro atoms. The second kappa shape index (κ2) is 3.87.